The molecular formula is C16H20ClN3OS. The molecule has 1 aromatic heterocycles. The predicted molar refractivity (Wildman–Crippen MR) is 91.9 cm³/mol. The van der Waals surface area contributed by atoms with Crippen LogP contribution < -0.4 is 4.90 Å². The lowest BCUT2D eigenvalue weighted by Crippen LogP contribution is -2.47. The second-order valence-electron chi connectivity index (χ2n) is 5.63. The van der Waals surface area contributed by atoms with Gasteiger partial charge in [-0.15, -0.1) is 11.3 Å². The van der Waals surface area contributed by atoms with E-state index in [-0.39, 0.29) is 0 Å². The number of thiazole rings is 1. The Morgan fingerprint density at radius 3 is 2.73 bits per heavy atom. The Kier molecular flexibility index (Phi) is 4.98. The third-order valence-electron chi connectivity index (χ3n) is 3.91. The summed E-state index contributed by atoms with van der Waals surface area (Å²) in [5.74, 6) is 0. The molecule has 3 rings (SSSR count). The van der Waals surface area contributed by atoms with Crippen molar-refractivity contribution in [3.8, 4) is 0 Å². The quantitative estimate of drug-likeness (QED) is 0.931. The summed E-state index contributed by atoms with van der Waals surface area (Å²) >= 11 is 7.69. The van der Waals surface area contributed by atoms with Gasteiger partial charge in [-0.2, -0.15) is 0 Å². The van der Waals surface area contributed by atoms with Crippen LogP contribution in [0, 0.1) is 6.92 Å². The van der Waals surface area contributed by atoms with Crippen LogP contribution in [-0.2, 0) is 0 Å². The molecule has 1 N–H and O–H groups in total. The number of aryl methyl sites for hydroxylation is 1. The van der Waals surface area contributed by atoms with Gasteiger partial charge in [-0.3, -0.25) is 4.90 Å². The van der Waals surface area contributed by atoms with Crippen molar-refractivity contribution in [3.63, 3.8) is 0 Å². The maximum Gasteiger partial charge on any atom is 0.185 e. The molecule has 1 aromatic carbocycles. The van der Waals surface area contributed by atoms with Crippen LogP contribution in [0.2, 0.25) is 5.02 Å². The molecule has 0 aliphatic carbocycles. The summed E-state index contributed by atoms with van der Waals surface area (Å²) in [6.45, 7) is 6.46. The van der Waals surface area contributed by atoms with E-state index in [2.05, 4.69) is 20.2 Å². The van der Waals surface area contributed by atoms with E-state index in [1.165, 1.54) is 0 Å². The SMILES string of the molecule is Cc1csc(N2CCN(CC(O)c3cccc(Cl)c3)CC2)n1. The van der Waals surface area contributed by atoms with Crippen LogP contribution in [0.15, 0.2) is 29.6 Å². The van der Waals surface area contributed by atoms with E-state index in [9.17, 15) is 5.11 Å². The number of aromatic nitrogens is 1. The summed E-state index contributed by atoms with van der Waals surface area (Å²) in [5, 5.41) is 14.2. The number of halogens is 1. The van der Waals surface area contributed by atoms with Crippen molar-refractivity contribution < 1.29 is 5.11 Å². The molecule has 0 radical (unpaired) electrons. The van der Waals surface area contributed by atoms with Gasteiger partial charge in [-0.05, 0) is 24.6 Å². The lowest BCUT2D eigenvalue weighted by Gasteiger charge is -2.35. The van der Waals surface area contributed by atoms with Crippen molar-refractivity contribution in [2.24, 2.45) is 0 Å². The number of benzene rings is 1. The number of hydrogen-bond acceptors (Lipinski definition) is 5. The highest BCUT2D eigenvalue weighted by molar-refractivity contribution is 7.13. The van der Waals surface area contributed by atoms with Crippen LogP contribution >= 0.6 is 22.9 Å². The standard InChI is InChI=1S/C16H20ClN3OS/c1-12-11-22-16(18-12)20-7-5-19(6-8-20)10-15(21)13-3-2-4-14(17)9-13/h2-4,9,11,15,21H,5-8,10H2,1H3. The van der Waals surface area contributed by atoms with Gasteiger partial charge in [0.2, 0.25) is 0 Å². The van der Waals surface area contributed by atoms with Crippen molar-refractivity contribution >= 4 is 28.1 Å². The van der Waals surface area contributed by atoms with Crippen molar-refractivity contribution in [2.45, 2.75) is 13.0 Å². The van der Waals surface area contributed by atoms with E-state index in [1.54, 1.807) is 11.3 Å². The fourth-order valence-electron chi connectivity index (χ4n) is 2.67. The summed E-state index contributed by atoms with van der Waals surface area (Å²) < 4.78 is 0. The highest BCUT2D eigenvalue weighted by atomic mass is 35.5. The average molecular weight is 338 g/mol. The third kappa shape index (κ3) is 3.79. The molecule has 0 saturated carbocycles. The van der Waals surface area contributed by atoms with E-state index < -0.39 is 6.10 Å². The van der Waals surface area contributed by atoms with Crippen LogP contribution in [0.1, 0.15) is 17.4 Å². The molecule has 0 amide bonds. The number of aliphatic hydroxyl groups excluding tert-OH is 1. The summed E-state index contributed by atoms with van der Waals surface area (Å²) in [5.41, 5.74) is 1.96. The second kappa shape index (κ2) is 6.96. The minimum atomic E-state index is -0.493. The zero-order valence-electron chi connectivity index (χ0n) is 12.6. The van der Waals surface area contributed by atoms with Crippen LogP contribution in [0.3, 0.4) is 0 Å². The highest BCUT2D eigenvalue weighted by Gasteiger charge is 2.21. The van der Waals surface area contributed by atoms with E-state index in [1.807, 2.05) is 31.2 Å². The first-order valence-corrected chi connectivity index (χ1v) is 8.70. The number of nitrogens with zero attached hydrogens (tertiary/aromatic N) is 3. The monoisotopic (exact) mass is 337 g/mol. The molecule has 2 aromatic rings. The molecule has 1 fully saturated rings. The molecule has 6 heteroatoms. The van der Waals surface area contributed by atoms with E-state index >= 15 is 0 Å². The van der Waals surface area contributed by atoms with Crippen molar-refractivity contribution in [2.75, 3.05) is 37.6 Å². The normalized spacial score (nSPS) is 17.7. The minimum Gasteiger partial charge on any atom is -0.387 e. The number of rotatable bonds is 4. The number of hydrogen-bond donors (Lipinski definition) is 1. The highest BCUT2D eigenvalue weighted by Crippen LogP contribution is 2.23. The van der Waals surface area contributed by atoms with Crippen LogP contribution in [0.25, 0.3) is 0 Å². The fourth-order valence-corrected chi connectivity index (χ4v) is 3.73. The molecule has 118 valence electrons. The lowest BCUT2D eigenvalue weighted by atomic mass is 10.1. The summed E-state index contributed by atoms with van der Waals surface area (Å²) in [6.07, 6.45) is -0.493. The predicted octanol–water partition coefficient (Wildman–Crippen LogP) is 2.96. The Labute approximate surface area is 140 Å². The molecule has 1 aliphatic heterocycles. The summed E-state index contributed by atoms with van der Waals surface area (Å²) in [6, 6.07) is 7.46. The largest absolute Gasteiger partial charge is 0.387 e. The van der Waals surface area contributed by atoms with Gasteiger partial charge in [-0.25, -0.2) is 4.98 Å². The van der Waals surface area contributed by atoms with Crippen LogP contribution in [-0.4, -0.2) is 47.7 Å². The van der Waals surface area contributed by atoms with E-state index in [0.29, 0.717) is 11.6 Å². The first kappa shape index (κ1) is 15.7. The zero-order chi connectivity index (χ0) is 15.5. The summed E-state index contributed by atoms with van der Waals surface area (Å²) in [7, 11) is 0. The molecule has 1 unspecified atom stereocenters. The lowest BCUT2D eigenvalue weighted by molar-refractivity contribution is 0.109. The van der Waals surface area contributed by atoms with Crippen LogP contribution in [0.4, 0.5) is 5.13 Å². The van der Waals surface area contributed by atoms with Crippen molar-refractivity contribution in [3.05, 3.63) is 45.9 Å². The second-order valence-corrected chi connectivity index (χ2v) is 6.90. The smallest absolute Gasteiger partial charge is 0.185 e. The molecule has 22 heavy (non-hydrogen) atoms. The zero-order valence-corrected chi connectivity index (χ0v) is 14.1. The topological polar surface area (TPSA) is 39.6 Å². The third-order valence-corrected chi connectivity index (χ3v) is 5.17. The summed E-state index contributed by atoms with van der Waals surface area (Å²) in [4.78, 5) is 9.15. The van der Waals surface area contributed by atoms with E-state index in [4.69, 9.17) is 11.6 Å². The Morgan fingerprint density at radius 2 is 2.09 bits per heavy atom. The molecule has 1 atom stereocenters. The van der Waals surface area contributed by atoms with Gasteiger partial charge in [0.15, 0.2) is 5.13 Å². The van der Waals surface area contributed by atoms with Gasteiger partial charge in [-0.1, -0.05) is 23.7 Å². The van der Waals surface area contributed by atoms with Crippen molar-refractivity contribution in [1.82, 2.24) is 9.88 Å². The van der Waals surface area contributed by atoms with Gasteiger partial charge in [0.05, 0.1) is 11.8 Å². The maximum absolute atomic E-state index is 10.4. The first-order chi connectivity index (χ1) is 10.6. The Balaban J connectivity index is 1.53. The van der Waals surface area contributed by atoms with Gasteiger partial charge < -0.3 is 10.0 Å². The molecule has 4 nitrogen and oxygen atoms in total. The molecule has 1 aliphatic rings. The number of anilines is 1. The Hall–Kier alpha value is -1.14. The Morgan fingerprint density at radius 1 is 1.32 bits per heavy atom. The number of β-amino-alcohol motifs (C(OH)–C–C–N with tert-alkyl or cyclic N) is 1. The minimum absolute atomic E-state index is 0.493. The van der Waals surface area contributed by atoms with Crippen molar-refractivity contribution in [1.29, 1.82) is 0 Å². The number of piperazine rings is 1. The van der Waals surface area contributed by atoms with E-state index in [0.717, 1.165) is 42.6 Å². The molecule has 1 saturated heterocycles. The van der Waals surface area contributed by atoms with Gasteiger partial charge >= 0.3 is 0 Å². The average Bonchev–Trinajstić information content (AvgIpc) is 2.94. The molecule has 2 heterocycles. The molecule has 0 bridgehead atoms. The molecular weight excluding hydrogens is 318 g/mol. The molecule has 0 spiro atoms. The van der Waals surface area contributed by atoms with Crippen LogP contribution in [0.5, 0.6) is 0 Å². The van der Waals surface area contributed by atoms with Gasteiger partial charge in [0.1, 0.15) is 0 Å². The van der Waals surface area contributed by atoms with Gasteiger partial charge in [0, 0.05) is 43.1 Å². The Bertz CT molecular complexity index is 625. The first-order valence-electron chi connectivity index (χ1n) is 7.45. The van der Waals surface area contributed by atoms with Gasteiger partial charge in [0.25, 0.3) is 0 Å². The fraction of sp³-hybridized carbons (Fsp3) is 0.438. The number of aliphatic hydroxyl groups is 1. The maximum atomic E-state index is 10.4.